The minimum absolute atomic E-state index is 0.105. The quantitative estimate of drug-likeness (QED) is 0.0222. The third kappa shape index (κ3) is 69.2. The number of carbonyl (C=O) groups is 4. The van der Waals surface area contributed by atoms with Gasteiger partial charge >= 0.3 is 39.5 Å². The van der Waals surface area contributed by atoms with Gasteiger partial charge in [0.25, 0.3) is 0 Å². The molecule has 0 fully saturated rings. The molecule has 96 heavy (non-hydrogen) atoms. The Morgan fingerprint density at radius 2 is 0.500 bits per heavy atom. The zero-order valence-electron chi connectivity index (χ0n) is 63.0. The molecule has 0 saturated heterocycles. The summed E-state index contributed by atoms with van der Waals surface area (Å²) in [6.45, 7) is 14.2. The minimum Gasteiger partial charge on any atom is -0.462 e. The average Bonchev–Trinajstić information content (AvgIpc) is 1.36. The zero-order chi connectivity index (χ0) is 71.0. The summed E-state index contributed by atoms with van der Waals surface area (Å²) in [5, 5.41) is 10.6. The van der Waals surface area contributed by atoms with Crippen LogP contribution in [0.1, 0.15) is 389 Å². The van der Waals surface area contributed by atoms with Gasteiger partial charge in [-0.15, -0.1) is 0 Å². The van der Waals surface area contributed by atoms with Gasteiger partial charge in [0, 0.05) is 25.7 Å². The molecule has 0 spiro atoms. The minimum atomic E-state index is -4.96. The maximum Gasteiger partial charge on any atom is 0.472 e. The first-order valence-electron chi connectivity index (χ1n) is 39.7. The number of aliphatic hydroxyl groups excluding tert-OH is 1. The van der Waals surface area contributed by atoms with Crippen LogP contribution in [0, 0.1) is 23.7 Å². The predicted molar refractivity (Wildman–Crippen MR) is 391 cm³/mol. The lowest BCUT2D eigenvalue weighted by Gasteiger charge is -2.21. The van der Waals surface area contributed by atoms with Crippen molar-refractivity contribution in [2.24, 2.45) is 23.7 Å². The van der Waals surface area contributed by atoms with Crippen LogP contribution in [0.3, 0.4) is 0 Å². The molecule has 17 nitrogen and oxygen atoms in total. The van der Waals surface area contributed by atoms with Crippen molar-refractivity contribution in [3.8, 4) is 0 Å². The van der Waals surface area contributed by atoms with Crippen LogP contribution in [0.25, 0.3) is 0 Å². The highest BCUT2D eigenvalue weighted by Crippen LogP contribution is 2.45. The molecule has 3 N–H and O–H groups in total. The normalized spacial score (nSPS) is 14.4. The molecule has 0 aliphatic rings. The highest BCUT2D eigenvalue weighted by molar-refractivity contribution is 7.47. The highest BCUT2D eigenvalue weighted by atomic mass is 31.2. The van der Waals surface area contributed by atoms with Crippen molar-refractivity contribution in [3.05, 3.63) is 0 Å². The molecule has 6 atom stereocenters. The molecule has 0 amide bonds. The number of aliphatic hydroxyl groups is 1. The third-order valence-corrected chi connectivity index (χ3v) is 20.1. The van der Waals surface area contributed by atoms with E-state index in [1.165, 1.54) is 186 Å². The summed E-state index contributed by atoms with van der Waals surface area (Å²) in [6.07, 6.45) is 51.5. The van der Waals surface area contributed by atoms with Crippen LogP contribution in [0.2, 0.25) is 0 Å². The van der Waals surface area contributed by atoms with Crippen molar-refractivity contribution in [1.29, 1.82) is 0 Å². The lowest BCUT2D eigenvalue weighted by atomic mass is 9.99. The van der Waals surface area contributed by atoms with Gasteiger partial charge in [-0.3, -0.25) is 37.3 Å². The molecule has 0 aromatic heterocycles. The first kappa shape index (κ1) is 94.1. The van der Waals surface area contributed by atoms with E-state index < -0.39 is 97.5 Å². The van der Waals surface area contributed by atoms with E-state index in [-0.39, 0.29) is 25.7 Å². The molecule has 0 rings (SSSR count). The van der Waals surface area contributed by atoms with E-state index in [0.29, 0.717) is 31.6 Å². The van der Waals surface area contributed by atoms with Gasteiger partial charge in [-0.1, -0.05) is 338 Å². The summed E-state index contributed by atoms with van der Waals surface area (Å²) in [7, 11) is -9.91. The van der Waals surface area contributed by atoms with Crippen LogP contribution >= 0.6 is 15.6 Å². The van der Waals surface area contributed by atoms with Crippen LogP contribution in [0.4, 0.5) is 0 Å². The van der Waals surface area contributed by atoms with E-state index in [1.807, 2.05) is 0 Å². The Bertz CT molecular complexity index is 1890. The van der Waals surface area contributed by atoms with Gasteiger partial charge in [0.05, 0.1) is 26.4 Å². The van der Waals surface area contributed by atoms with Crippen LogP contribution in [0.5, 0.6) is 0 Å². The van der Waals surface area contributed by atoms with Crippen molar-refractivity contribution in [3.63, 3.8) is 0 Å². The number of rotatable bonds is 74. The molecule has 0 radical (unpaired) electrons. The number of carbonyl (C=O) groups excluding carboxylic acids is 4. The molecular weight excluding hydrogens is 1260 g/mol. The van der Waals surface area contributed by atoms with E-state index in [9.17, 15) is 43.2 Å². The fraction of sp³-hybridized carbons (Fsp3) is 0.948. The first-order valence-corrected chi connectivity index (χ1v) is 42.7. The first-order chi connectivity index (χ1) is 46.1. The van der Waals surface area contributed by atoms with E-state index in [4.69, 9.17) is 37.0 Å². The number of unbranched alkanes of at least 4 members (excludes halogenated alkanes) is 39. The van der Waals surface area contributed by atoms with E-state index in [0.717, 1.165) is 114 Å². The number of ether oxygens (including phenoxy) is 4. The van der Waals surface area contributed by atoms with Crippen molar-refractivity contribution >= 4 is 39.5 Å². The Kier molecular flexibility index (Phi) is 65.0. The van der Waals surface area contributed by atoms with E-state index in [2.05, 4.69) is 55.4 Å². The second kappa shape index (κ2) is 66.3. The third-order valence-electron chi connectivity index (χ3n) is 18.2. The number of hydrogen-bond donors (Lipinski definition) is 3. The van der Waals surface area contributed by atoms with Crippen LogP contribution in [-0.2, 0) is 65.4 Å². The molecule has 0 bridgehead atoms. The molecule has 19 heteroatoms. The molecule has 0 aliphatic heterocycles. The lowest BCUT2D eigenvalue weighted by molar-refractivity contribution is -0.161. The second-order valence-corrected chi connectivity index (χ2v) is 32.3. The highest BCUT2D eigenvalue weighted by Gasteiger charge is 2.30. The van der Waals surface area contributed by atoms with Gasteiger partial charge in [-0.05, 0) is 49.4 Å². The fourth-order valence-corrected chi connectivity index (χ4v) is 13.3. The maximum atomic E-state index is 13.1. The summed E-state index contributed by atoms with van der Waals surface area (Å²) in [4.78, 5) is 72.8. The average molecular weight is 1410 g/mol. The Morgan fingerprint density at radius 3 is 0.740 bits per heavy atom. The zero-order valence-corrected chi connectivity index (χ0v) is 64.8. The van der Waals surface area contributed by atoms with Gasteiger partial charge < -0.3 is 33.8 Å². The van der Waals surface area contributed by atoms with Gasteiger partial charge in [-0.2, -0.15) is 0 Å². The lowest BCUT2D eigenvalue weighted by Crippen LogP contribution is -2.30. The summed E-state index contributed by atoms with van der Waals surface area (Å²) in [5.41, 5.74) is 0. The molecule has 0 saturated carbocycles. The van der Waals surface area contributed by atoms with Crippen molar-refractivity contribution in [2.45, 2.75) is 408 Å². The van der Waals surface area contributed by atoms with E-state index in [1.54, 1.807) is 0 Å². The standard InChI is InChI=1S/C77H150O17P2/c1-9-70(8)56-48-40-31-25-20-21-27-34-44-52-60-77(82)94-73(64-88-75(80)58-50-42-36-35-39-47-55-69(6)7)66-92-96(85,86)90-62-71(78)61-89-95(83,84)91-65-72(63-87-74(79)57-49-41-32-28-22-24-30-38-46-54-68(4)5)93-76(81)59-51-43-33-26-19-17-15-13-11-10-12-14-16-18-23-29-37-45-53-67(2)3/h67-73,78H,9-66H2,1-8H3,(H,83,84)(H,85,86)/t70?,71-,72-,73-/m1/s1. The van der Waals surface area contributed by atoms with Crippen LogP contribution in [-0.4, -0.2) is 96.7 Å². The summed E-state index contributed by atoms with van der Waals surface area (Å²) >= 11 is 0. The maximum absolute atomic E-state index is 13.1. The van der Waals surface area contributed by atoms with Crippen LogP contribution < -0.4 is 0 Å². The molecule has 0 aliphatic carbocycles. The molecule has 0 aromatic carbocycles. The summed E-state index contributed by atoms with van der Waals surface area (Å²) in [6, 6.07) is 0. The smallest absolute Gasteiger partial charge is 0.462 e. The van der Waals surface area contributed by atoms with Gasteiger partial charge in [0.1, 0.15) is 19.3 Å². The Labute approximate surface area is 588 Å². The molecular formula is C77H150O17P2. The number of phosphoric acid groups is 2. The largest absolute Gasteiger partial charge is 0.472 e. The molecule has 0 aromatic rings. The van der Waals surface area contributed by atoms with E-state index >= 15 is 0 Å². The van der Waals surface area contributed by atoms with Crippen molar-refractivity contribution < 1.29 is 80.2 Å². The second-order valence-electron chi connectivity index (χ2n) is 29.4. The number of hydrogen-bond acceptors (Lipinski definition) is 15. The Balaban J connectivity index is 5.20. The Morgan fingerprint density at radius 1 is 0.292 bits per heavy atom. The van der Waals surface area contributed by atoms with Gasteiger partial charge in [0.15, 0.2) is 12.2 Å². The topological polar surface area (TPSA) is 237 Å². The predicted octanol–water partition coefficient (Wildman–Crippen LogP) is 22.4. The van der Waals surface area contributed by atoms with Gasteiger partial charge in [-0.25, -0.2) is 9.13 Å². The number of phosphoric ester groups is 2. The van der Waals surface area contributed by atoms with Gasteiger partial charge in [0.2, 0.25) is 0 Å². The molecule has 0 heterocycles. The van der Waals surface area contributed by atoms with Crippen molar-refractivity contribution in [2.75, 3.05) is 39.6 Å². The molecule has 570 valence electrons. The summed E-state index contributed by atoms with van der Waals surface area (Å²) < 4.78 is 68.5. The monoisotopic (exact) mass is 1410 g/mol. The Hall–Kier alpha value is -1.94. The SMILES string of the molecule is CCC(C)CCCCCCCCCCCCC(=O)O[C@H](COC(=O)CCCCCCCCC(C)C)COP(=O)(O)OC[C@H](O)COP(=O)(O)OC[C@@H](COC(=O)CCCCCCCCCCCC(C)C)OC(=O)CCCCCCCCCCCCCCCCCCCCC(C)C. The summed E-state index contributed by atoms with van der Waals surface area (Å²) in [5.74, 6) is 0.924. The molecule has 3 unspecified atom stereocenters. The fourth-order valence-electron chi connectivity index (χ4n) is 11.7. The number of esters is 4. The van der Waals surface area contributed by atoms with Crippen molar-refractivity contribution in [1.82, 2.24) is 0 Å². The van der Waals surface area contributed by atoms with Crippen LogP contribution in [0.15, 0.2) is 0 Å².